The SMILES string of the molecule is CN(Cc1cccc(F)c1)CC(N)CCc1ccccc1. The Morgan fingerprint density at radius 3 is 2.48 bits per heavy atom. The van der Waals surface area contributed by atoms with Crippen molar-refractivity contribution < 1.29 is 4.39 Å². The Hall–Kier alpha value is -1.71. The quantitative estimate of drug-likeness (QED) is 0.847. The van der Waals surface area contributed by atoms with E-state index in [9.17, 15) is 4.39 Å². The number of aryl methyl sites for hydroxylation is 1. The molecule has 0 radical (unpaired) electrons. The smallest absolute Gasteiger partial charge is 0.123 e. The largest absolute Gasteiger partial charge is 0.327 e. The Bertz CT molecular complexity index is 542. The molecule has 0 aromatic heterocycles. The number of nitrogens with zero attached hydrogens (tertiary/aromatic N) is 1. The first-order valence-electron chi connectivity index (χ1n) is 7.36. The van der Waals surface area contributed by atoms with E-state index in [2.05, 4.69) is 29.2 Å². The monoisotopic (exact) mass is 286 g/mol. The first-order valence-corrected chi connectivity index (χ1v) is 7.36. The van der Waals surface area contributed by atoms with E-state index in [1.165, 1.54) is 11.6 Å². The van der Waals surface area contributed by atoms with Crippen LogP contribution in [0.5, 0.6) is 0 Å². The molecule has 2 aromatic rings. The average Bonchev–Trinajstić information content (AvgIpc) is 2.46. The van der Waals surface area contributed by atoms with Gasteiger partial charge in [0.1, 0.15) is 5.82 Å². The van der Waals surface area contributed by atoms with Crippen LogP contribution in [0.3, 0.4) is 0 Å². The molecule has 21 heavy (non-hydrogen) atoms. The first-order chi connectivity index (χ1) is 10.1. The minimum absolute atomic E-state index is 0.128. The summed E-state index contributed by atoms with van der Waals surface area (Å²) in [6, 6.07) is 17.2. The maximum absolute atomic E-state index is 13.1. The van der Waals surface area contributed by atoms with Crippen LogP contribution in [0.4, 0.5) is 4.39 Å². The van der Waals surface area contributed by atoms with Gasteiger partial charge in [-0.3, -0.25) is 0 Å². The summed E-state index contributed by atoms with van der Waals surface area (Å²) >= 11 is 0. The zero-order chi connectivity index (χ0) is 15.1. The van der Waals surface area contributed by atoms with Crippen molar-refractivity contribution in [1.29, 1.82) is 0 Å². The van der Waals surface area contributed by atoms with Gasteiger partial charge in [-0.15, -0.1) is 0 Å². The Morgan fingerprint density at radius 2 is 1.76 bits per heavy atom. The fraction of sp³-hybridized carbons (Fsp3) is 0.333. The molecule has 0 heterocycles. The van der Waals surface area contributed by atoms with E-state index in [-0.39, 0.29) is 11.9 Å². The van der Waals surface area contributed by atoms with Gasteiger partial charge in [0, 0.05) is 19.1 Å². The predicted molar refractivity (Wildman–Crippen MR) is 85.5 cm³/mol. The second-order valence-corrected chi connectivity index (χ2v) is 5.61. The van der Waals surface area contributed by atoms with Crippen molar-refractivity contribution in [3.63, 3.8) is 0 Å². The van der Waals surface area contributed by atoms with E-state index in [1.54, 1.807) is 12.1 Å². The molecule has 0 amide bonds. The number of hydrogen-bond donors (Lipinski definition) is 1. The maximum Gasteiger partial charge on any atom is 0.123 e. The van der Waals surface area contributed by atoms with Gasteiger partial charge in [-0.25, -0.2) is 4.39 Å². The van der Waals surface area contributed by atoms with Gasteiger partial charge >= 0.3 is 0 Å². The molecule has 0 aliphatic heterocycles. The van der Waals surface area contributed by atoms with Crippen LogP contribution in [-0.2, 0) is 13.0 Å². The van der Waals surface area contributed by atoms with Crippen LogP contribution in [-0.4, -0.2) is 24.5 Å². The summed E-state index contributed by atoms with van der Waals surface area (Å²) < 4.78 is 13.1. The van der Waals surface area contributed by atoms with E-state index in [0.29, 0.717) is 0 Å². The number of benzene rings is 2. The van der Waals surface area contributed by atoms with E-state index in [1.807, 2.05) is 19.2 Å². The molecule has 0 aliphatic carbocycles. The second kappa shape index (κ2) is 7.91. The van der Waals surface area contributed by atoms with Crippen LogP contribution >= 0.6 is 0 Å². The minimum atomic E-state index is -0.186. The van der Waals surface area contributed by atoms with Gasteiger partial charge in [0.05, 0.1) is 0 Å². The van der Waals surface area contributed by atoms with Crippen LogP contribution in [0, 0.1) is 5.82 Å². The summed E-state index contributed by atoms with van der Waals surface area (Å²) in [5, 5.41) is 0. The topological polar surface area (TPSA) is 29.3 Å². The van der Waals surface area contributed by atoms with Gasteiger partial charge < -0.3 is 10.6 Å². The highest BCUT2D eigenvalue weighted by Gasteiger charge is 2.08. The van der Waals surface area contributed by atoms with Crippen molar-refractivity contribution in [2.24, 2.45) is 5.73 Å². The highest BCUT2D eigenvalue weighted by molar-refractivity contribution is 5.16. The Morgan fingerprint density at radius 1 is 1.05 bits per heavy atom. The van der Waals surface area contributed by atoms with Crippen LogP contribution in [0.2, 0.25) is 0 Å². The number of hydrogen-bond acceptors (Lipinski definition) is 2. The molecule has 0 bridgehead atoms. The zero-order valence-corrected chi connectivity index (χ0v) is 12.5. The van der Waals surface area contributed by atoms with Gasteiger partial charge in [0.2, 0.25) is 0 Å². The van der Waals surface area contributed by atoms with Gasteiger partial charge in [-0.05, 0) is 43.1 Å². The minimum Gasteiger partial charge on any atom is -0.327 e. The van der Waals surface area contributed by atoms with Crippen molar-refractivity contribution in [1.82, 2.24) is 4.90 Å². The number of nitrogens with two attached hydrogens (primary N) is 1. The van der Waals surface area contributed by atoms with Crippen LogP contribution < -0.4 is 5.73 Å². The van der Waals surface area contributed by atoms with E-state index >= 15 is 0 Å². The third-order valence-corrected chi connectivity index (χ3v) is 3.53. The van der Waals surface area contributed by atoms with E-state index < -0.39 is 0 Å². The molecule has 3 heteroatoms. The van der Waals surface area contributed by atoms with Crippen molar-refractivity contribution in [3.8, 4) is 0 Å². The third-order valence-electron chi connectivity index (χ3n) is 3.53. The molecule has 1 atom stereocenters. The first kappa shape index (κ1) is 15.7. The van der Waals surface area contributed by atoms with Gasteiger partial charge in [-0.2, -0.15) is 0 Å². The lowest BCUT2D eigenvalue weighted by Gasteiger charge is -2.21. The van der Waals surface area contributed by atoms with Crippen LogP contribution in [0.25, 0.3) is 0 Å². The summed E-state index contributed by atoms with van der Waals surface area (Å²) in [6.45, 7) is 1.53. The van der Waals surface area contributed by atoms with Crippen LogP contribution in [0.15, 0.2) is 54.6 Å². The average molecular weight is 286 g/mol. The Kier molecular flexibility index (Phi) is 5.90. The molecular formula is C18H23FN2. The second-order valence-electron chi connectivity index (χ2n) is 5.61. The van der Waals surface area contributed by atoms with Crippen molar-refractivity contribution >= 4 is 0 Å². The highest BCUT2D eigenvalue weighted by atomic mass is 19.1. The Labute approximate surface area is 126 Å². The van der Waals surface area contributed by atoms with Crippen molar-refractivity contribution in [3.05, 3.63) is 71.5 Å². The molecular weight excluding hydrogens is 263 g/mol. The fourth-order valence-electron chi connectivity index (χ4n) is 2.50. The number of likely N-dealkylation sites (N-methyl/N-ethyl adjacent to an activating group) is 1. The molecule has 2 rings (SSSR count). The molecule has 2 nitrogen and oxygen atoms in total. The van der Waals surface area contributed by atoms with E-state index in [0.717, 1.165) is 31.5 Å². The Balaban J connectivity index is 1.75. The molecule has 0 spiro atoms. The molecule has 1 unspecified atom stereocenters. The molecule has 0 fully saturated rings. The van der Waals surface area contributed by atoms with Gasteiger partial charge in [-0.1, -0.05) is 42.5 Å². The standard InChI is InChI=1S/C18H23FN2/c1-21(13-16-8-5-9-17(19)12-16)14-18(20)11-10-15-6-3-2-4-7-15/h2-9,12,18H,10-11,13-14,20H2,1H3. The lowest BCUT2D eigenvalue weighted by atomic mass is 10.1. The number of rotatable bonds is 7. The summed E-state index contributed by atoms with van der Waals surface area (Å²) in [5.74, 6) is -0.186. The number of halogens is 1. The molecule has 112 valence electrons. The molecule has 2 aromatic carbocycles. The lowest BCUT2D eigenvalue weighted by molar-refractivity contribution is 0.297. The summed E-state index contributed by atoms with van der Waals surface area (Å²) in [5.41, 5.74) is 8.49. The maximum atomic E-state index is 13.1. The molecule has 0 aliphatic rings. The normalized spacial score (nSPS) is 12.6. The zero-order valence-electron chi connectivity index (χ0n) is 12.5. The molecule has 2 N–H and O–H groups in total. The highest BCUT2D eigenvalue weighted by Crippen LogP contribution is 2.08. The van der Waals surface area contributed by atoms with Gasteiger partial charge in [0.15, 0.2) is 0 Å². The van der Waals surface area contributed by atoms with Crippen LogP contribution in [0.1, 0.15) is 17.5 Å². The van der Waals surface area contributed by atoms with Gasteiger partial charge in [0.25, 0.3) is 0 Å². The fourth-order valence-corrected chi connectivity index (χ4v) is 2.50. The molecule has 0 saturated carbocycles. The van der Waals surface area contributed by atoms with Crippen molar-refractivity contribution in [2.75, 3.05) is 13.6 Å². The lowest BCUT2D eigenvalue weighted by Crippen LogP contribution is -2.35. The summed E-state index contributed by atoms with van der Waals surface area (Å²) in [6.07, 6.45) is 1.95. The van der Waals surface area contributed by atoms with Crippen molar-refractivity contribution in [2.45, 2.75) is 25.4 Å². The molecule has 0 saturated heterocycles. The summed E-state index contributed by atoms with van der Waals surface area (Å²) in [4.78, 5) is 2.14. The predicted octanol–water partition coefficient (Wildman–Crippen LogP) is 3.22. The third kappa shape index (κ3) is 5.66. The summed E-state index contributed by atoms with van der Waals surface area (Å²) in [7, 11) is 2.02. The van der Waals surface area contributed by atoms with E-state index in [4.69, 9.17) is 5.73 Å².